The van der Waals surface area contributed by atoms with Crippen LogP contribution in [-0.4, -0.2) is 39.0 Å². The Morgan fingerprint density at radius 1 is 0.938 bits per heavy atom. The van der Waals surface area contributed by atoms with Crippen molar-refractivity contribution in [3.05, 3.63) is 0 Å². The first kappa shape index (κ1) is 15.9. The Bertz CT molecular complexity index is 153. The Hall–Kier alpha value is -0.120. The SMILES string of the molecule is CC(C)NCCOCCOCCC(C)(C)C. The zero-order valence-corrected chi connectivity index (χ0v) is 11.6. The normalized spacial score (nSPS) is 12.4. The summed E-state index contributed by atoms with van der Waals surface area (Å²) in [4.78, 5) is 0. The zero-order valence-electron chi connectivity index (χ0n) is 11.6. The second-order valence-electron chi connectivity index (χ2n) is 5.64. The van der Waals surface area contributed by atoms with Gasteiger partial charge in [-0.2, -0.15) is 0 Å². The lowest BCUT2D eigenvalue weighted by molar-refractivity contribution is 0.0394. The Kier molecular flexibility index (Phi) is 8.90. The number of nitrogens with one attached hydrogen (secondary N) is 1. The van der Waals surface area contributed by atoms with Crippen LogP contribution in [0.1, 0.15) is 41.0 Å². The van der Waals surface area contributed by atoms with E-state index in [-0.39, 0.29) is 0 Å². The van der Waals surface area contributed by atoms with Crippen molar-refractivity contribution < 1.29 is 9.47 Å². The van der Waals surface area contributed by atoms with Crippen LogP contribution in [0.15, 0.2) is 0 Å². The van der Waals surface area contributed by atoms with E-state index in [1.807, 2.05) is 0 Å². The summed E-state index contributed by atoms with van der Waals surface area (Å²) in [6, 6.07) is 0.534. The van der Waals surface area contributed by atoms with Gasteiger partial charge in [-0.3, -0.25) is 0 Å². The standard InChI is InChI=1S/C13H29NO2/c1-12(2)14-7-9-16-11-10-15-8-6-13(3,4)5/h12,14H,6-11H2,1-5H3. The van der Waals surface area contributed by atoms with Crippen LogP contribution in [0.5, 0.6) is 0 Å². The van der Waals surface area contributed by atoms with Gasteiger partial charge in [0.2, 0.25) is 0 Å². The van der Waals surface area contributed by atoms with Gasteiger partial charge in [-0.25, -0.2) is 0 Å². The topological polar surface area (TPSA) is 30.5 Å². The molecule has 3 nitrogen and oxygen atoms in total. The van der Waals surface area contributed by atoms with Crippen LogP contribution in [-0.2, 0) is 9.47 Å². The molecule has 98 valence electrons. The first-order chi connectivity index (χ1) is 7.42. The molecule has 0 aliphatic rings. The van der Waals surface area contributed by atoms with Gasteiger partial charge in [-0.1, -0.05) is 34.6 Å². The third-order valence-electron chi connectivity index (χ3n) is 2.17. The van der Waals surface area contributed by atoms with E-state index in [4.69, 9.17) is 9.47 Å². The van der Waals surface area contributed by atoms with Crippen molar-refractivity contribution in [1.82, 2.24) is 5.32 Å². The van der Waals surface area contributed by atoms with Crippen LogP contribution < -0.4 is 5.32 Å². The predicted molar refractivity (Wildman–Crippen MR) is 68.8 cm³/mol. The Morgan fingerprint density at radius 2 is 1.50 bits per heavy atom. The quantitative estimate of drug-likeness (QED) is 0.618. The van der Waals surface area contributed by atoms with E-state index in [1.54, 1.807) is 0 Å². The Labute approximate surface area is 101 Å². The summed E-state index contributed by atoms with van der Waals surface area (Å²) >= 11 is 0. The van der Waals surface area contributed by atoms with Crippen LogP contribution in [0, 0.1) is 5.41 Å². The van der Waals surface area contributed by atoms with Crippen molar-refractivity contribution in [2.75, 3.05) is 33.0 Å². The van der Waals surface area contributed by atoms with Crippen LogP contribution >= 0.6 is 0 Å². The molecule has 16 heavy (non-hydrogen) atoms. The minimum absolute atomic E-state index is 0.363. The summed E-state index contributed by atoms with van der Waals surface area (Å²) < 4.78 is 10.9. The molecule has 0 heterocycles. The van der Waals surface area contributed by atoms with Crippen LogP contribution in [0.25, 0.3) is 0 Å². The molecule has 0 rings (SSSR count). The van der Waals surface area contributed by atoms with Crippen molar-refractivity contribution in [2.24, 2.45) is 5.41 Å². The highest BCUT2D eigenvalue weighted by Crippen LogP contribution is 2.17. The highest BCUT2D eigenvalue weighted by molar-refractivity contribution is 4.59. The van der Waals surface area contributed by atoms with Gasteiger partial charge < -0.3 is 14.8 Å². The monoisotopic (exact) mass is 231 g/mol. The van der Waals surface area contributed by atoms with Gasteiger partial charge in [-0.05, 0) is 11.8 Å². The van der Waals surface area contributed by atoms with E-state index in [9.17, 15) is 0 Å². The van der Waals surface area contributed by atoms with Crippen molar-refractivity contribution in [3.8, 4) is 0 Å². The molecule has 0 aliphatic heterocycles. The van der Waals surface area contributed by atoms with E-state index >= 15 is 0 Å². The molecular formula is C13H29NO2. The second-order valence-corrected chi connectivity index (χ2v) is 5.64. The van der Waals surface area contributed by atoms with Crippen molar-refractivity contribution in [3.63, 3.8) is 0 Å². The molecule has 0 saturated heterocycles. The number of rotatable bonds is 9. The first-order valence-corrected chi connectivity index (χ1v) is 6.31. The van der Waals surface area contributed by atoms with Crippen LogP contribution in [0.4, 0.5) is 0 Å². The molecule has 0 aromatic carbocycles. The zero-order chi connectivity index (χ0) is 12.4. The maximum absolute atomic E-state index is 5.49. The summed E-state index contributed by atoms with van der Waals surface area (Å²) in [7, 11) is 0. The molecule has 0 aromatic rings. The largest absolute Gasteiger partial charge is 0.379 e. The minimum atomic E-state index is 0.363. The van der Waals surface area contributed by atoms with Gasteiger partial charge >= 0.3 is 0 Å². The molecule has 0 spiro atoms. The highest BCUT2D eigenvalue weighted by atomic mass is 16.5. The van der Waals surface area contributed by atoms with Gasteiger partial charge in [0, 0.05) is 19.2 Å². The maximum Gasteiger partial charge on any atom is 0.0701 e. The van der Waals surface area contributed by atoms with Gasteiger partial charge in [-0.15, -0.1) is 0 Å². The molecule has 0 amide bonds. The van der Waals surface area contributed by atoms with Crippen molar-refractivity contribution >= 4 is 0 Å². The Balaban J connectivity index is 3.05. The van der Waals surface area contributed by atoms with Crippen molar-refractivity contribution in [1.29, 1.82) is 0 Å². The summed E-state index contributed by atoms with van der Waals surface area (Å²) in [5.41, 5.74) is 0.363. The van der Waals surface area contributed by atoms with Crippen LogP contribution in [0.3, 0.4) is 0 Å². The summed E-state index contributed by atoms with van der Waals surface area (Å²) in [5, 5.41) is 3.30. The molecule has 0 atom stereocenters. The molecule has 0 saturated carbocycles. The lowest BCUT2D eigenvalue weighted by Gasteiger charge is -2.17. The van der Waals surface area contributed by atoms with E-state index in [0.29, 0.717) is 24.7 Å². The average Bonchev–Trinajstić information content (AvgIpc) is 2.13. The smallest absolute Gasteiger partial charge is 0.0701 e. The fraction of sp³-hybridized carbons (Fsp3) is 1.00. The molecular weight excluding hydrogens is 202 g/mol. The fourth-order valence-electron chi connectivity index (χ4n) is 1.12. The third-order valence-corrected chi connectivity index (χ3v) is 2.17. The van der Waals surface area contributed by atoms with E-state index in [1.165, 1.54) is 0 Å². The molecule has 0 bridgehead atoms. The molecule has 3 heteroatoms. The second kappa shape index (κ2) is 8.97. The number of hydrogen-bond acceptors (Lipinski definition) is 3. The lowest BCUT2D eigenvalue weighted by atomic mass is 9.93. The summed E-state index contributed by atoms with van der Waals surface area (Å²) in [6.45, 7) is 14.9. The van der Waals surface area contributed by atoms with E-state index < -0.39 is 0 Å². The summed E-state index contributed by atoms with van der Waals surface area (Å²) in [5.74, 6) is 0. The molecule has 0 fully saturated rings. The Morgan fingerprint density at radius 3 is 2.00 bits per heavy atom. The maximum atomic E-state index is 5.49. The lowest BCUT2D eigenvalue weighted by Crippen LogP contribution is -2.27. The third kappa shape index (κ3) is 13.9. The van der Waals surface area contributed by atoms with Crippen LogP contribution in [0.2, 0.25) is 0 Å². The molecule has 0 radical (unpaired) electrons. The van der Waals surface area contributed by atoms with Crippen molar-refractivity contribution in [2.45, 2.75) is 47.1 Å². The van der Waals surface area contributed by atoms with E-state index in [2.05, 4.69) is 39.9 Å². The predicted octanol–water partition coefficient (Wildman–Crippen LogP) is 2.45. The minimum Gasteiger partial charge on any atom is -0.379 e. The first-order valence-electron chi connectivity index (χ1n) is 6.31. The van der Waals surface area contributed by atoms with Gasteiger partial charge in [0.15, 0.2) is 0 Å². The van der Waals surface area contributed by atoms with Gasteiger partial charge in [0.25, 0.3) is 0 Å². The van der Waals surface area contributed by atoms with E-state index in [0.717, 1.165) is 26.2 Å². The average molecular weight is 231 g/mol. The highest BCUT2D eigenvalue weighted by Gasteiger charge is 2.08. The number of ether oxygens (including phenoxy) is 2. The van der Waals surface area contributed by atoms with Gasteiger partial charge in [0.1, 0.15) is 0 Å². The number of hydrogen-bond donors (Lipinski definition) is 1. The molecule has 0 aromatic heterocycles. The molecule has 0 aliphatic carbocycles. The van der Waals surface area contributed by atoms with Gasteiger partial charge in [0.05, 0.1) is 19.8 Å². The summed E-state index contributed by atoms with van der Waals surface area (Å²) in [6.07, 6.45) is 1.10. The molecule has 0 unspecified atom stereocenters. The fourth-order valence-corrected chi connectivity index (χ4v) is 1.12. The molecule has 1 N–H and O–H groups in total.